The van der Waals surface area contributed by atoms with E-state index < -0.39 is 0 Å². The fourth-order valence-electron chi connectivity index (χ4n) is 3.00. The molecule has 0 saturated carbocycles. The Morgan fingerprint density at radius 1 is 1.10 bits per heavy atom. The molecule has 0 fully saturated rings. The van der Waals surface area contributed by atoms with E-state index in [2.05, 4.69) is 15.6 Å². The van der Waals surface area contributed by atoms with E-state index in [0.29, 0.717) is 10.2 Å². The zero-order valence-electron chi connectivity index (χ0n) is 15.5. The van der Waals surface area contributed by atoms with Crippen LogP contribution in [0.15, 0.2) is 60.1 Å². The Balaban J connectivity index is 1.43. The molecule has 0 unspecified atom stereocenters. The largest absolute Gasteiger partial charge is 0.338 e. The summed E-state index contributed by atoms with van der Waals surface area (Å²) in [5, 5.41) is 9.65. The van der Waals surface area contributed by atoms with Gasteiger partial charge in [0.15, 0.2) is 5.13 Å². The van der Waals surface area contributed by atoms with Crippen molar-refractivity contribution in [2.75, 3.05) is 10.6 Å². The Kier molecular flexibility index (Phi) is 5.33. The Morgan fingerprint density at radius 2 is 1.90 bits per heavy atom. The molecule has 8 heteroatoms. The summed E-state index contributed by atoms with van der Waals surface area (Å²) in [5.41, 5.74) is 3.30. The van der Waals surface area contributed by atoms with Gasteiger partial charge < -0.3 is 15.2 Å². The van der Waals surface area contributed by atoms with Crippen LogP contribution in [0.1, 0.15) is 6.92 Å². The van der Waals surface area contributed by atoms with Gasteiger partial charge in [-0.2, -0.15) is 0 Å². The van der Waals surface area contributed by atoms with Gasteiger partial charge in [-0.15, -0.1) is 11.3 Å². The Labute approximate surface area is 176 Å². The molecule has 0 atom stereocenters. The summed E-state index contributed by atoms with van der Waals surface area (Å²) in [4.78, 5) is 28.1. The highest BCUT2D eigenvalue weighted by Gasteiger charge is 2.11. The van der Waals surface area contributed by atoms with Crippen LogP contribution in [0, 0.1) is 0 Å². The van der Waals surface area contributed by atoms with Gasteiger partial charge in [-0.1, -0.05) is 29.8 Å². The van der Waals surface area contributed by atoms with E-state index >= 15 is 0 Å². The van der Waals surface area contributed by atoms with Gasteiger partial charge in [-0.25, -0.2) is 4.98 Å². The second kappa shape index (κ2) is 8.06. The molecule has 0 saturated heterocycles. The van der Waals surface area contributed by atoms with Crippen LogP contribution >= 0.6 is 22.9 Å². The lowest BCUT2D eigenvalue weighted by Gasteiger charge is -2.06. The molecule has 146 valence electrons. The first-order chi connectivity index (χ1) is 14.0. The normalized spacial score (nSPS) is 10.8. The number of aromatic nitrogens is 2. The van der Waals surface area contributed by atoms with Crippen LogP contribution in [0.5, 0.6) is 0 Å². The molecule has 2 amide bonds. The second-order valence-electron chi connectivity index (χ2n) is 6.49. The quantitative estimate of drug-likeness (QED) is 0.472. The van der Waals surface area contributed by atoms with Crippen LogP contribution in [0.4, 0.5) is 10.8 Å². The van der Waals surface area contributed by atoms with Crippen molar-refractivity contribution in [3.63, 3.8) is 0 Å². The lowest BCUT2D eigenvalue weighted by Crippen LogP contribution is -2.18. The monoisotopic (exact) mass is 424 g/mol. The van der Waals surface area contributed by atoms with Crippen molar-refractivity contribution >= 4 is 56.5 Å². The zero-order chi connectivity index (χ0) is 20.4. The maximum absolute atomic E-state index is 12.5. The molecule has 2 aromatic carbocycles. The van der Waals surface area contributed by atoms with Gasteiger partial charge >= 0.3 is 0 Å². The van der Waals surface area contributed by atoms with Gasteiger partial charge in [-0.3, -0.25) is 9.59 Å². The number of nitrogens with one attached hydrogen (secondary N) is 2. The number of hydrogen-bond donors (Lipinski definition) is 2. The topological polar surface area (TPSA) is 76.0 Å². The van der Waals surface area contributed by atoms with Gasteiger partial charge in [0.2, 0.25) is 11.8 Å². The van der Waals surface area contributed by atoms with Crippen molar-refractivity contribution in [2.45, 2.75) is 13.5 Å². The minimum Gasteiger partial charge on any atom is -0.338 e. The third-order valence-electron chi connectivity index (χ3n) is 4.30. The van der Waals surface area contributed by atoms with Gasteiger partial charge in [0.1, 0.15) is 6.54 Å². The zero-order valence-corrected chi connectivity index (χ0v) is 17.1. The smallest absolute Gasteiger partial charge is 0.246 e. The van der Waals surface area contributed by atoms with Crippen molar-refractivity contribution in [3.8, 4) is 11.3 Å². The van der Waals surface area contributed by atoms with E-state index in [0.717, 1.165) is 27.8 Å². The molecule has 0 spiro atoms. The number of hydrogen-bond acceptors (Lipinski definition) is 4. The van der Waals surface area contributed by atoms with Crippen molar-refractivity contribution in [3.05, 3.63) is 65.1 Å². The molecule has 0 aliphatic carbocycles. The number of halogens is 1. The van der Waals surface area contributed by atoms with Gasteiger partial charge in [0, 0.05) is 40.3 Å². The van der Waals surface area contributed by atoms with Crippen molar-refractivity contribution < 1.29 is 9.59 Å². The van der Waals surface area contributed by atoms with Crippen molar-refractivity contribution in [1.29, 1.82) is 0 Å². The maximum atomic E-state index is 12.5. The van der Waals surface area contributed by atoms with Gasteiger partial charge in [0.25, 0.3) is 0 Å². The Bertz CT molecular complexity index is 1200. The van der Waals surface area contributed by atoms with E-state index in [-0.39, 0.29) is 18.4 Å². The van der Waals surface area contributed by atoms with E-state index in [1.165, 1.54) is 18.3 Å². The molecule has 0 radical (unpaired) electrons. The van der Waals surface area contributed by atoms with E-state index in [9.17, 15) is 9.59 Å². The molecule has 29 heavy (non-hydrogen) atoms. The third kappa shape index (κ3) is 4.47. The molecule has 0 aliphatic rings. The first kappa shape index (κ1) is 19.2. The molecule has 2 N–H and O–H groups in total. The number of amides is 2. The number of thiazole rings is 1. The summed E-state index contributed by atoms with van der Waals surface area (Å²) in [6.45, 7) is 1.64. The molecule has 0 bridgehead atoms. The lowest BCUT2D eigenvalue weighted by molar-refractivity contribution is -0.116. The standard InChI is InChI=1S/C21H17ClN4O2S/c1-13(27)23-17-6-3-14(4-7-17)18-12-29-21(24-18)25-20(28)11-26-9-8-15-2-5-16(22)10-19(15)26/h2-10,12H,11H2,1H3,(H,23,27)(H,24,25,28). The summed E-state index contributed by atoms with van der Waals surface area (Å²) < 4.78 is 1.85. The second-order valence-corrected chi connectivity index (χ2v) is 7.79. The van der Waals surface area contributed by atoms with Crippen LogP contribution in [0.25, 0.3) is 22.2 Å². The number of nitrogens with zero attached hydrogens (tertiary/aromatic N) is 2. The summed E-state index contributed by atoms with van der Waals surface area (Å²) in [6, 6.07) is 14.9. The van der Waals surface area contributed by atoms with E-state index in [1.807, 2.05) is 64.7 Å². The molecule has 6 nitrogen and oxygen atoms in total. The minimum absolute atomic E-state index is 0.117. The van der Waals surface area contributed by atoms with Crippen LogP contribution in [-0.4, -0.2) is 21.4 Å². The molecule has 4 rings (SSSR count). The number of carbonyl (C=O) groups is 2. The van der Waals surface area contributed by atoms with Crippen LogP contribution in [0.3, 0.4) is 0 Å². The summed E-state index contributed by atoms with van der Waals surface area (Å²) in [7, 11) is 0. The highest BCUT2D eigenvalue weighted by atomic mass is 35.5. The fourth-order valence-corrected chi connectivity index (χ4v) is 3.90. The third-order valence-corrected chi connectivity index (χ3v) is 5.29. The molecule has 2 heterocycles. The van der Waals surface area contributed by atoms with Crippen LogP contribution < -0.4 is 10.6 Å². The predicted molar refractivity (Wildman–Crippen MR) is 117 cm³/mol. The number of carbonyl (C=O) groups excluding carboxylic acids is 2. The Morgan fingerprint density at radius 3 is 2.66 bits per heavy atom. The Hall–Kier alpha value is -3.16. The van der Waals surface area contributed by atoms with Crippen molar-refractivity contribution in [1.82, 2.24) is 9.55 Å². The summed E-state index contributed by atoms with van der Waals surface area (Å²) in [5.74, 6) is -0.279. The average Bonchev–Trinajstić information content (AvgIpc) is 3.29. The molecule has 2 aromatic heterocycles. The molecule has 4 aromatic rings. The highest BCUT2D eigenvalue weighted by molar-refractivity contribution is 7.14. The predicted octanol–water partition coefficient (Wildman–Crippen LogP) is 5.02. The summed E-state index contributed by atoms with van der Waals surface area (Å²) in [6.07, 6.45) is 1.87. The van der Waals surface area contributed by atoms with Crippen LogP contribution in [-0.2, 0) is 16.1 Å². The number of fused-ring (bicyclic) bond motifs is 1. The minimum atomic E-state index is -0.163. The van der Waals surface area contributed by atoms with Gasteiger partial charge in [-0.05, 0) is 35.7 Å². The van der Waals surface area contributed by atoms with E-state index in [4.69, 9.17) is 11.6 Å². The number of rotatable bonds is 5. The number of benzene rings is 2. The van der Waals surface area contributed by atoms with Crippen LogP contribution in [0.2, 0.25) is 5.02 Å². The molecule has 0 aliphatic heterocycles. The van der Waals surface area contributed by atoms with Gasteiger partial charge in [0.05, 0.1) is 5.69 Å². The first-order valence-corrected chi connectivity index (χ1v) is 10.1. The lowest BCUT2D eigenvalue weighted by atomic mass is 10.1. The first-order valence-electron chi connectivity index (χ1n) is 8.86. The van der Waals surface area contributed by atoms with Crippen molar-refractivity contribution in [2.24, 2.45) is 0 Å². The maximum Gasteiger partial charge on any atom is 0.246 e. The SMILES string of the molecule is CC(=O)Nc1ccc(-c2csc(NC(=O)Cn3ccc4ccc(Cl)cc43)n2)cc1. The van der Waals surface area contributed by atoms with E-state index in [1.54, 1.807) is 0 Å². The fraction of sp³-hybridized carbons (Fsp3) is 0.0952. The summed E-state index contributed by atoms with van der Waals surface area (Å²) >= 11 is 7.43. The average molecular weight is 425 g/mol. The highest BCUT2D eigenvalue weighted by Crippen LogP contribution is 2.26. The molecular formula is C21H17ClN4O2S. The molecular weight excluding hydrogens is 408 g/mol. The number of anilines is 2.